The lowest BCUT2D eigenvalue weighted by Crippen LogP contribution is -2.10. The molecule has 3 aliphatic rings. The molecule has 3 aliphatic carbocycles. The van der Waals surface area contributed by atoms with Gasteiger partial charge in [0.15, 0.2) is 0 Å². The van der Waals surface area contributed by atoms with Gasteiger partial charge >= 0.3 is 0 Å². The van der Waals surface area contributed by atoms with Gasteiger partial charge in [0.05, 0.1) is 0 Å². The second kappa shape index (κ2) is 8.03. The molecular weight excluding hydrogens is 348 g/mol. The van der Waals surface area contributed by atoms with Crippen molar-refractivity contribution in [3.63, 3.8) is 0 Å². The van der Waals surface area contributed by atoms with E-state index < -0.39 is 0 Å². The lowest BCUT2D eigenvalue weighted by Gasteiger charge is -2.25. The number of hydrogen-bond donors (Lipinski definition) is 0. The van der Waals surface area contributed by atoms with Crippen LogP contribution in [0.5, 0.6) is 0 Å². The molecule has 29 heavy (non-hydrogen) atoms. The van der Waals surface area contributed by atoms with Gasteiger partial charge in [-0.25, -0.2) is 0 Å². The highest BCUT2D eigenvalue weighted by Gasteiger charge is 2.26. The van der Waals surface area contributed by atoms with Crippen LogP contribution in [0.25, 0.3) is 5.57 Å². The Morgan fingerprint density at radius 1 is 0.828 bits per heavy atom. The van der Waals surface area contributed by atoms with Gasteiger partial charge in [-0.3, -0.25) is 0 Å². The number of hydrogen-bond acceptors (Lipinski definition) is 0. The Kier molecular flexibility index (Phi) is 5.10. The van der Waals surface area contributed by atoms with Crippen LogP contribution < -0.4 is 0 Å². The van der Waals surface area contributed by atoms with Crippen molar-refractivity contribution in [3.8, 4) is 0 Å². The van der Waals surface area contributed by atoms with Gasteiger partial charge in [-0.15, -0.1) is 0 Å². The molecule has 0 saturated heterocycles. The molecule has 0 radical (unpaired) electrons. The van der Waals surface area contributed by atoms with Gasteiger partial charge in [-0.05, 0) is 65.5 Å². The van der Waals surface area contributed by atoms with Gasteiger partial charge in [0, 0.05) is 5.92 Å². The standard InChI is InChI=1S/C29H30/c1-21-7-5-10-25(19-21)28-18-17-26(27-11-6-12-29(27)28)20-22-13-15-24(16-14-22)23-8-3-2-4-9-23/h5-7,10-19,23,29H,2-4,8-9,20H2,1H3. The summed E-state index contributed by atoms with van der Waals surface area (Å²) in [7, 11) is 0. The van der Waals surface area contributed by atoms with Crippen LogP contribution in [0, 0.1) is 12.8 Å². The Labute approximate surface area is 175 Å². The summed E-state index contributed by atoms with van der Waals surface area (Å²) in [4.78, 5) is 0. The zero-order chi connectivity index (χ0) is 19.6. The number of fused-ring (bicyclic) bond motifs is 1. The molecule has 2 aromatic carbocycles. The van der Waals surface area contributed by atoms with Crippen LogP contribution in [0.2, 0.25) is 0 Å². The van der Waals surface area contributed by atoms with E-state index in [1.165, 1.54) is 65.5 Å². The largest absolute Gasteiger partial charge is 0.0726 e. The van der Waals surface area contributed by atoms with E-state index in [-0.39, 0.29) is 0 Å². The van der Waals surface area contributed by atoms with E-state index in [4.69, 9.17) is 0 Å². The van der Waals surface area contributed by atoms with Crippen LogP contribution in [0.4, 0.5) is 0 Å². The van der Waals surface area contributed by atoms with Crippen molar-refractivity contribution in [2.24, 2.45) is 5.92 Å². The smallest absolute Gasteiger partial charge is 0.0281 e. The maximum absolute atomic E-state index is 2.39. The zero-order valence-electron chi connectivity index (χ0n) is 17.4. The van der Waals surface area contributed by atoms with E-state index >= 15 is 0 Å². The van der Waals surface area contributed by atoms with Crippen LogP contribution in [-0.4, -0.2) is 0 Å². The van der Waals surface area contributed by atoms with E-state index in [1.807, 2.05) is 0 Å². The molecule has 1 saturated carbocycles. The Morgan fingerprint density at radius 2 is 1.66 bits per heavy atom. The molecule has 5 rings (SSSR count). The van der Waals surface area contributed by atoms with Crippen LogP contribution >= 0.6 is 0 Å². The highest BCUT2D eigenvalue weighted by Crippen LogP contribution is 2.41. The van der Waals surface area contributed by atoms with Gasteiger partial charge in [0.25, 0.3) is 0 Å². The van der Waals surface area contributed by atoms with Crippen molar-refractivity contribution in [1.82, 2.24) is 0 Å². The first-order valence-corrected chi connectivity index (χ1v) is 11.2. The molecule has 1 unspecified atom stereocenters. The summed E-state index contributed by atoms with van der Waals surface area (Å²) in [5.74, 6) is 1.19. The molecule has 1 atom stereocenters. The van der Waals surface area contributed by atoms with Crippen LogP contribution in [0.1, 0.15) is 60.3 Å². The summed E-state index contributed by atoms with van der Waals surface area (Å²) in [5, 5.41) is 0. The molecule has 0 heteroatoms. The fourth-order valence-electron chi connectivity index (χ4n) is 5.27. The van der Waals surface area contributed by atoms with Crippen LogP contribution in [-0.2, 0) is 6.42 Å². The molecule has 2 aromatic rings. The average Bonchev–Trinajstić information content (AvgIpc) is 3.26. The maximum atomic E-state index is 2.39. The van der Waals surface area contributed by atoms with E-state index in [2.05, 4.69) is 85.8 Å². The number of aryl methyl sites for hydroxylation is 1. The molecule has 146 valence electrons. The predicted molar refractivity (Wildman–Crippen MR) is 124 cm³/mol. The molecule has 0 aliphatic heterocycles. The third-order valence-corrected chi connectivity index (χ3v) is 6.89. The summed E-state index contributed by atoms with van der Waals surface area (Å²) in [6, 6.07) is 18.4. The molecule has 1 fully saturated rings. The Morgan fingerprint density at radius 3 is 2.45 bits per heavy atom. The summed E-state index contributed by atoms with van der Waals surface area (Å²) < 4.78 is 0. The van der Waals surface area contributed by atoms with E-state index in [0.717, 1.165) is 12.3 Å². The Balaban J connectivity index is 1.37. The minimum Gasteiger partial charge on any atom is -0.0726 e. The van der Waals surface area contributed by atoms with Gasteiger partial charge in [-0.1, -0.05) is 104 Å². The third kappa shape index (κ3) is 3.81. The van der Waals surface area contributed by atoms with Crippen molar-refractivity contribution in [2.75, 3.05) is 0 Å². The van der Waals surface area contributed by atoms with Gasteiger partial charge < -0.3 is 0 Å². The van der Waals surface area contributed by atoms with E-state index in [9.17, 15) is 0 Å². The van der Waals surface area contributed by atoms with E-state index in [0.29, 0.717) is 5.92 Å². The lowest BCUT2D eigenvalue weighted by atomic mass is 9.79. The number of allylic oxidation sites excluding steroid dienone is 8. The molecule has 0 aromatic heterocycles. The normalized spacial score (nSPS) is 21.4. The Hall–Kier alpha value is -2.60. The molecule has 0 amide bonds. The molecule has 0 nitrogen and oxygen atoms in total. The fraction of sp³-hybridized carbons (Fsp3) is 0.310. The van der Waals surface area contributed by atoms with Crippen molar-refractivity contribution >= 4 is 5.57 Å². The summed E-state index contributed by atoms with van der Waals surface area (Å²) >= 11 is 0. The van der Waals surface area contributed by atoms with Crippen LogP contribution in [0.3, 0.4) is 0 Å². The first-order valence-electron chi connectivity index (χ1n) is 11.2. The number of benzene rings is 2. The van der Waals surface area contributed by atoms with Crippen molar-refractivity contribution in [1.29, 1.82) is 0 Å². The molecule has 0 heterocycles. The zero-order valence-corrected chi connectivity index (χ0v) is 17.4. The third-order valence-electron chi connectivity index (χ3n) is 6.89. The molecule has 0 spiro atoms. The fourth-order valence-corrected chi connectivity index (χ4v) is 5.27. The SMILES string of the molecule is Cc1cccc(C2=CC=C(Cc3ccc(C4CCCCC4)cc3)C3=CC=CC32)c1. The van der Waals surface area contributed by atoms with Crippen molar-refractivity contribution in [3.05, 3.63) is 112 Å². The summed E-state index contributed by atoms with van der Waals surface area (Å²) in [5.41, 5.74) is 10.00. The topological polar surface area (TPSA) is 0 Å². The maximum Gasteiger partial charge on any atom is 0.0281 e. The van der Waals surface area contributed by atoms with Gasteiger partial charge in [-0.2, -0.15) is 0 Å². The molecular formula is C29H30. The first-order chi connectivity index (χ1) is 14.3. The second-order valence-corrected chi connectivity index (χ2v) is 8.92. The second-order valence-electron chi connectivity index (χ2n) is 8.92. The van der Waals surface area contributed by atoms with E-state index in [1.54, 1.807) is 5.56 Å². The lowest BCUT2D eigenvalue weighted by molar-refractivity contribution is 0.443. The minimum atomic E-state index is 0.401. The van der Waals surface area contributed by atoms with Crippen LogP contribution in [0.15, 0.2) is 90.1 Å². The highest BCUT2D eigenvalue weighted by atomic mass is 14.3. The first kappa shape index (κ1) is 18.4. The monoisotopic (exact) mass is 378 g/mol. The highest BCUT2D eigenvalue weighted by molar-refractivity contribution is 5.78. The minimum absolute atomic E-state index is 0.401. The summed E-state index contributed by atoms with van der Waals surface area (Å²) in [6.07, 6.45) is 19.6. The van der Waals surface area contributed by atoms with Crippen molar-refractivity contribution in [2.45, 2.75) is 51.4 Å². The van der Waals surface area contributed by atoms with Crippen molar-refractivity contribution < 1.29 is 0 Å². The average molecular weight is 379 g/mol. The molecule has 0 N–H and O–H groups in total. The quantitative estimate of drug-likeness (QED) is 0.511. The predicted octanol–water partition coefficient (Wildman–Crippen LogP) is 7.72. The molecule has 0 bridgehead atoms. The van der Waals surface area contributed by atoms with Gasteiger partial charge in [0.1, 0.15) is 0 Å². The Bertz CT molecular complexity index is 1000. The van der Waals surface area contributed by atoms with Gasteiger partial charge in [0.2, 0.25) is 0 Å². The number of rotatable bonds is 4. The summed E-state index contributed by atoms with van der Waals surface area (Å²) in [6.45, 7) is 2.17.